The van der Waals surface area contributed by atoms with Crippen LogP contribution in [0.2, 0.25) is 0 Å². The smallest absolute Gasteiger partial charge is 0.191 e. The number of ether oxygens (including phenoxy) is 1. The average Bonchev–Trinajstić information content (AvgIpc) is 2.28. The summed E-state index contributed by atoms with van der Waals surface area (Å²) in [6.45, 7) is 2.00. The van der Waals surface area contributed by atoms with E-state index in [4.69, 9.17) is 4.74 Å². The summed E-state index contributed by atoms with van der Waals surface area (Å²) in [4.78, 5) is 12.1. The van der Waals surface area contributed by atoms with E-state index < -0.39 is 0 Å². The third kappa shape index (κ3) is 2.50. The molecule has 86 valence electrons. The molecule has 1 atom stereocenters. The third-order valence-electron chi connectivity index (χ3n) is 3.13. The van der Waals surface area contributed by atoms with Gasteiger partial charge >= 0.3 is 0 Å². The first-order valence-electron chi connectivity index (χ1n) is 6.06. The van der Waals surface area contributed by atoms with Crippen molar-refractivity contribution < 1.29 is 9.53 Å². The molecule has 1 unspecified atom stereocenters. The molecule has 0 heterocycles. The highest BCUT2D eigenvalue weighted by molar-refractivity contribution is 5.99. The maximum Gasteiger partial charge on any atom is 0.191 e. The quantitative estimate of drug-likeness (QED) is 0.709. The Morgan fingerprint density at radius 2 is 2.06 bits per heavy atom. The van der Waals surface area contributed by atoms with E-state index in [0.29, 0.717) is 6.10 Å². The van der Waals surface area contributed by atoms with Crippen molar-refractivity contribution >= 4 is 5.78 Å². The zero-order valence-electron chi connectivity index (χ0n) is 9.69. The fourth-order valence-corrected chi connectivity index (χ4v) is 1.87. The molecule has 0 spiro atoms. The fourth-order valence-electron chi connectivity index (χ4n) is 1.87. The Morgan fingerprint density at radius 3 is 2.56 bits per heavy atom. The molecule has 2 rings (SSSR count). The van der Waals surface area contributed by atoms with Crippen molar-refractivity contribution in [1.82, 2.24) is 0 Å². The molecule has 1 aromatic carbocycles. The predicted octanol–water partition coefficient (Wildman–Crippen LogP) is 3.22. The van der Waals surface area contributed by atoms with Crippen molar-refractivity contribution in [2.75, 3.05) is 0 Å². The molecule has 0 amide bonds. The average molecular weight is 218 g/mol. The molecule has 0 N–H and O–H groups in total. The number of hydrogen-bond acceptors (Lipinski definition) is 2. The van der Waals surface area contributed by atoms with E-state index in [9.17, 15) is 4.79 Å². The van der Waals surface area contributed by atoms with E-state index in [-0.39, 0.29) is 11.9 Å². The highest BCUT2D eigenvalue weighted by atomic mass is 16.5. The summed E-state index contributed by atoms with van der Waals surface area (Å²) in [6, 6.07) is 9.42. The Labute approximate surface area is 96.6 Å². The van der Waals surface area contributed by atoms with Crippen LogP contribution in [-0.4, -0.2) is 18.0 Å². The Morgan fingerprint density at radius 1 is 1.38 bits per heavy atom. The topological polar surface area (TPSA) is 26.3 Å². The van der Waals surface area contributed by atoms with E-state index in [1.807, 2.05) is 37.3 Å². The van der Waals surface area contributed by atoms with Gasteiger partial charge in [0.25, 0.3) is 0 Å². The zero-order chi connectivity index (χ0) is 11.4. The van der Waals surface area contributed by atoms with Gasteiger partial charge in [-0.2, -0.15) is 0 Å². The largest absolute Gasteiger partial charge is 0.367 e. The van der Waals surface area contributed by atoms with Gasteiger partial charge in [0.15, 0.2) is 5.78 Å². The Hall–Kier alpha value is -1.15. The van der Waals surface area contributed by atoms with Crippen molar-refractivity contribution in [2.45, 2.75) is 44.8 Å². The van der Waals surface area contributed by atoms with E-state index in [0.717, 1.165) is 24.8 Å². The normalized spacial score (nSPS) is 17.8. The van der Waals surface area contributed by atoms with E-state index >= 15 is 0 Å². The number of carbonyl (C=O) groups excluding carboxylic acids is 1. The van der Waals surface area contributed by atoms with Gasteiger partial charge in [0.1, 0.15) is 6.10 Å². The van der Waals surface area contributed by atoms with Crippen LogP contribution < -0.4 is 0 Å². The lowest BCUT2D eigenvalue weighted by atomic mass is 9.95. The van der Waals surface area contributed by atoms with Crippen LogP contribution in [0.3, 0.4) is 0 Å². The van der Waals surface area contributed by atoms with Crippen LogP contribution in [0.25, 0.3) is 0 Å². The third-order valence-corrected chi connectivity index (χ3v) is 3.13. The Bertz CT molecular complexity index is 341. The molecule has 1 aliphatic carbocycles. The zero-order valence-corrected chi connectivity index (χ0v) is 9.69. The number of benzene rings is 1. The minimum Gasteiger partial charge on any atom is -0.367 e. The lowest BCUT2D eigenvalue weighted by Gasteiger charge is -2.29. The lowest BCUT2D eigenvalue weighted by molar-refractivity contribution is -0.0393. The van der Waals surface area contributed by atoms with Crippen LogP contribution in [0.1, 0.15) is 43.0 Å². The minimum atomic E-state index is -0.257. The van der Waals surface area contributed by atoms with Crippen molar-refractivity contribution in [1.29, 1.82) is 0 Å². The molecule has 1 saturated carbocycles. The van der Waals surface area contributed by atoms with Crippen LogP contribution in [-0.2, 0) is 4.74 Å². The first-order chi connectivity index (χ1) is 7.81. The summed E-state index contributed by atoms with van der Waals surface area (Å²) >= 11 is 0. The van der Waals surface area contributed by atoms with Gasteiger partial charge in [-0.3, -0.25) is 4.79 Å². The summed E-state index contributed by atoms with van der Waals surface area (Å²) in [5.41, 5.74) is 0.758. The standard InChI is InChI=1S/C14H18O2/c1-2-13(16-12-9-6-10-12)14(15)11-7-4-3-5-8-11/h3-5,7-8,12-13H,2,6,9-10H2,1H3. The summed E-state index contributed by atoms with van der Waals surface area (Å²) in [7, 11) is 0. The summed E-state index contributed by atoms with van der Waals surface area (Å²) < 4.78 is 5.80. The van der Waals surface area contributed by atoms with E-state index in [1.54, 1.807) is 0 Å². The van der Waals surface area contributed by atoms with Crippen molar-refractivity contribution in [3.8, 4) is 0 Å². The van der Waals surface area contributed by atoms with Crippen LogP contribution in [0.15, 0.2) is 30.3 Å². The van der Waals surface area contributed by atoms with Gasteiger partial charge in [-0.1, -0.05) is 37.3 Å². The van der Waals surface area contributed by atoms with Crippen LogP contribution in [0.4, 0.5) is 0 Å². The molecular weight excluding hydrogens is 200 g/mol. The molecular formula is C14H18O2. The lowest BCUT2D eigenvalue weighted by Crippen LogP contribution is -2.32. The number of rotatable bonds is 5. The van der Waals surface area contributed by atoms with E-state index in [1.165, 1.54) is 6.42 Å². The predicted molar refractivity (Wildman–Crippen MR) is 63.6 cm³/mol. The number of Topliss-reactive ketones (excluding diaryl/α,β-unsaturated/α-hetero) is 1. The van der Waals surface area contributed by atoms with Crippen LogP contribution in [0, 0.1) is 0 Å². The van der Waals surface area contributed by atoms with Gasteiger partial charge in [0.05, 0.1) is 6.10 Å². The molecule has 2 nitrogen and oxygen atoms in total. The van der Waals surface area contributed by atoms with Gasteiger partial charge < -0.3 is 4.74 Å². The molecule has 0 saturated heterocycles. The van der Waals surface area contributed by atoms with Gasteiger partial charge in [-0.25, -0.2) is 0 Å². The summed E-state index contributed by atoms with van der Waals surface area (Å²) in [5.74, 6) is 0.120. The highest BCUT2D eigenvalue weighted by Gasteiger charge is 2.26. The van der Waals surface area contributed by atoms with Gasteiger partial charge in [0.2, 0.25) is 0 Å². The molecule has 16 heavy (non-hydrogen) atoms. The molecule has 0 aromatic heterocycles. The Balaban J connectivity index is 2.00. The van der Waals surface area contributed by atoms with Crippen molar-refractivity contribution in [3.05, 3.63) is 35.9 Å². The second-order valence-electron chi connectivity index (χ2n) is 4.32. The molecule has 0 radical (unpaired) electrons. The molecule has 1 aliphatic rings. The SMILES string of the molecule is CCC(OC1CCC1)C(=O)c1ccccc1. The monoisotopic (exact) mass is 218 g/mol. The highest BCUT2D eigenvalue weighted by Crippen LogP contribution is 2.25. The second kappa shape index (κ2) is 5.26. The molecule has 2 heteroatoms. The molecule has 0 bridgehead atoms. The molecule has 0 aliphatic heterocycles. The second-order valence-corrected chi connectivity index (χ2v) is 4.32. The van der Waals surface area contributed by atoms with Gasteiger partial charge in [-0.05, 0) is 25.7 Å². The summed E-state index contributed by atoms with van der Waals surface area (Å²) in [5, 5.41) is 0. The maximum absolute atomic E-state index is 12.1. The minimum absolute atomic E-state index is 0.120. The first-order valence-corrected chi connectivity index (χ1v) is 6.06. The fraction of sp³-hybridized carbons (Fsp3) is 0.500. The number of hydrogen-bond donors (Lipinski definition) is 0. The maximum atomic E-state index is 12.1. The van der Waals surface area contributed by atoms with Crippen LogP contribution >= 0.6 is 0 Å². The van der Waals surface area contributed by atoms with Crippen LogP contribution in [0.5, 0.6) is 0 Å². The number of ketones is 1. The first kappa shape index (κ1) is 11.3. The Kier molecular flexibility index (Phi) is 3.73. The summed E-state index contributed by atoms with van der Waals surface area (Å²) in [6.07, 6.45) is 4.27. The van der Waals surface area contributed by atoms with Gasteiger partial charge in [-0.15, -0.1) is 0 Å². The van der Waals surface area contributed by atoms with Crippen molar-refractivity contribution in [3.63, 3.8) is 0 Å². The van der Waals surface area contributed by atoms with Gasteiger partial charge in [0, 0.05) is 5.56 Å². The number of carbonyl (C=O) groups is 1. The molecule has 1 aromatic rings. The van der Waals surface area contributed by atoms with Crippen molar-refractivity contribution in [2.24, 2.45) is 0 Å². The van der Waals surface area contributed by atoms with E-state index in [2.05, 4.69) is 0 Å². The molecule has 1 fully saturated rings.